The SMILES string of the molecule is O=S(=O)(CCSc1nnc(Cc2ccccc2F)o1)c1ccccc1. The van der Waals surface area contributed by atoms with Crippen molar-refractivity contribution in [3.63, 3.8) is 0 Å². The van der Waals surface area contributed by atoms with Crippen LogP contribution in [-0.4, -0.2) is 30.1 Å². The molecule has 25 heavy (non-hydrogen) atoms. The van der Waals surface area contributed by atoms with Crippen molar-refractivity contribution in [3.05, 3.63) is 71.9 Å². The van der Waals surface area contributed by atoms with Gasteiger partial charge < -0.3 is 4.42 Å². The third-order valence-corrected chi connectivity index (χ3v) is 6.24. The van der Waals surface area contributed by atoms with Gasteiger partial charge in [0.15, 0.2) is 9.84 Å². The van der Waals surface area contributed by atoms with E-state index in [0.29, 0.717) is 22.1 Å². The van der Waals surface area contributed by atoms with Gasteiger partial charge >= 0.3 is 0 Å². The number of halogens is 1. The van der Waals surface area contributed by atoms with Crippen LogP contribution < -0.4 is 0 Å². The number of thioether (sulfide) groups is 1. The summed E-state index contributed by atoms with van der Waals surface area (Å²) in [5, 5.41) is 8.01. The van der Waals surface area contributed by atoms with Gasteiger partial charge in [-0.1, -0.05) is 48.2 Å². The minimum atomic E-state index is -3.34. The van der Waals surface area contributed by atoms with Crippen molar-refractivity contribution in [1.82, 2.24) is 10.2 Å². The first-order valence-corrected chi connectivity index (χ1v) is 10.1. The van der Waals surface area contributed by atoms with Crippen molar-refractivity contribution in [1.29, 1.82) is 0 Å². The fraction of sp³-hybridized carbons (Fsp3) is 0.176. The summed E-state index contributed by atoms with van der Waals surface area (Å²) < 4.78 is 43.4. The maximum absolute atomic E-state index is 13.6. The largest absolute Gasteiger partial charge is 0.416 e. The van der Waals surface area contributed by atoms with Crippen LogP contribution in [0.1, 0.15) is 11.5 Å². The summed E-state index contributed by atoms with van der Waals surface area (Å²) in [5.41, 5.74) is 0.467. The first-order valence-electron chi connectivity index (χ1n) is 7.51. The van der Waals surface area contributed by atoms with E-state index in [2.05, 4.69) is 10.2 Å². The maximum Gasteiger partial charge on any atom is 0.276 e. The molecule has 0 aliphatic heterocycles. The second kappa shape index (κ2) is 7.79. The average molecular weight is 378 g/mol. The highest BCUT2D eigenvalue weighted by atomic mass is 32.2. The molecule has 3 rings (SSSR count). The molecular weight excluding hydrogens is 363 g/mol. The van der Waals surface area contributed by atoms with E-state index in [1.54, 1.807) is 48.5 Å². The maximum atomic E-state index is 13.6. The number of hydrogen-bond donors (Lipinski definition) is 0. The van der Waals surface area contributed by atoms with Gasteiger partial charge in [0, 0.05) is 5.75 Å². The van der Waals surface area contributed by atoms with E-state index in [-0.39, 0.29) is 23.2 Å². The summed E-state index contributed by atoms with van der Waals surface area (Å²) in [5.74, 6) is 0.216. The number of aromatic nitrogens is 2. The predicted molar refractivity (Wildman–Crippen MR) is 92.7 cm³/mol. The van der Waals surface area contributed by atoms with Gasteiger partial charge in [-0.2, -0.15) is 0 Å². The van der Waals surface area contributed by atoms with Crippen molar-refractivity contribution in [2.24, 2.45) is 0 Å². The van der Waals surface area contributed by atoms with Crippen molar-refractivity contribution in [3.8, 4) is 0 Å². The molecule has 0 unspecified atom stereocenters. The molecule has 0 saturated carbocycles. The molecule has 0 fully saturated rings. The van der Waals surface area contributed by atoms with E-state index in [1.165, 1.54) is 6.07 Å². The Kier molecular flexibility index (Phi) is 5.50. The van der Waals surface area contributed by atoms with Gasteiger partial charge in [-0.15, -0.1) is 10.2 Å². The highest BCUT2D eigenvalue weighted by molar-refractivity contribution is 8.00. The molecule has 5 nitrogen and oxygen atoms in total. The van der Waals surface area contributed by atoms with Crippen LogP contribution in [0.5, 0.6) is 0 Å². The lowest BCUT2D eigenvalue weighted by molar-refractivity contribution is 0.418. The molecule has 1 heterocycles. The molecule has 1 aromatic heterocycles. The Morgan fingerprint density at radius 3 is 2.48 bits per heavy atom. The van der Waals surface area contributed by atoms with Gasteiger partial charge in [0.1, 0.15) is 5.82 Å². The molecule has 0 atom stereocenters. The van der Waals surface area contributed by atoms with Crippen molar-refractivity contribution in [2.45, 2.75) is 16.5 Å². The summed E-state index contributed by atoms with van der Waals surface area (Å²) in [6.45, 7) is 0. The first-order chi connectivity index (χ1) is 12.0. The Balaban J connectivity index is 1.56. The van der Waals surface area contributed by atoms with Gasteiger partial charge in [0.2, 0.25) is 5.89 Å². The Morgan fingerprint density at radius 2 is 1.72 bits per heavy atom. The summed E-state index contributed by atoms with van der Waals surface area (Å²) in [7, 11) is -3.34. The molecule has 0 radical (unpaired) electrons. The van der Waals surface area contributed by atoms with E-state index in [1.807, 2.05) is 0 Å². The first kappa shape index (κ1) is 17.6. The third kappa shape index (κ3) is 4.67. The minimum absolute atomic E-state index is 0.0350. The minimum Gasteiger partial charge on any atom is -0.416 e. The molecule has 130 valence electrons. The van der Waals surface area contributed by atoms with Crippen LogP contribution >= 0.6 is 11.8 Å². The van der Waals surface area contributed by atoms with Gasteiger partial charge in [0.05, 0.1) is 17.1 Å². The molecule has 0 N–H and O–H groups in total. The second-order valence-corrected chi connectivity index (χ2v) is 8.37. The zero-order valence-electron chi connectivity index (χ0n) is 13.1. The summed E-state index contributed by atoms with van der Waals surface area (Å²) in [6, 6.07) is 14.6. The van der Waals surface area contributed by atoms with Crippen LogP contribution in [0.3, 0.4) is 0 Å². The quantitative estimate of drug-likeness (QED) is 0.587. The van der Waals surface area contributed by atoms with E-state index < -0.39 is 9.84 Å². The van der Waals surface area contributed by atoms with Crippen LogP contribution in [0.15, 0.2) is 69.1 Å². The van der Waals surface area contributed by atoms with Crippen molar-refractivity contribution >= 4 is 21.6 Å². The standard InChI is InChI=1S/C17H15FN2O3S2/c18-15-9-5-4-6-13(15)12-16-19-20-17(23-16)24-10-11-25(21,22)14-7-2-1-3-8-14/h1-9H,10-12H2. The topological polar surface area (TPSA) is 73.1 Å². The zero-order valence-corrected chi connectivity index (χ0v) is 14.8. The van der Waals surface area contributed by atoms with E-state index >= 15 is 0 Å². The highest BCUT2D eigenvalue weighted by Gasteiger charge is 2.15. The van der Waals surface area contributed by atoms with E-state index in [9.17, 15) is 12.8 Å². The van der Waals surface area contributed by atoms with Crippen LogP contribution in [0, 0.1) is 5.82 Å². The van der Waals surface area contributed by atoms with Gasteiger partial charge in [-0.3, -0.25) is 0 Å². The smallest absolute Gasteiger partial charge is 0.276 e. The molecule has 0 aliphatic rings. The summed E-state index contributed by atoms with van der Waals surface area (Å²) in [4.78, 5) is 0.293. The molecule has 8 heteroatoms. The Hall–Kier alpha value is -2.19. The lowest BCUT2D eigenvalue weighted by Crippen LogP contribution is -2.08. The monoisotopic (exact) mass is 378 g/mol. The van der Waals surface area contributed by atoms with Crippen LogP contribution in [0.25, 0.3) is 0 Å². The average Bonchev–Trinajstić information content (AvgIpc) is 3.05. The number of nitrogens with zero attached hydrogens (tertiary/aromatic N) is 2. The van der Waals surface area contributed by atoms with Gasteiger partial charge in [0.25, 0.3) is 5.22 Å². The van der Waals surface area contributed by atoms with E-state index in [0.717, 1.165) is 11.8 Å². The van der Waals surface area contributed by atoms with Crippen LogP contribution in [0.2, 0.25) is 0 Å². The molecule has 2 aromatic carbocycles. The second-order valence-electron chi connectivity index (χ2n) is 5.21. The van der Waals surface area contributed by atoms with Crippen LogP contribution in [0.4, 0.5) is 4.39 Å². The highest BCUT2D eigenvalue weighted by Crippen LogP contribution is 2.20. The van der Waals surface area contributed by atoms with Gasteiger partial charge in [-0.05, 0) is 23.8 Å². The summed E-state index contributed by atoms with van der Waals surface area (Å²) >= 11 is 1.16. The normalized spacial score (nSPS) is 11.6. The zero-order chi connectivity index (χ0) is 17.7. The Morgan fingerprint density at radius 1 is 1.00 bits per heavy atom. The number of rotatable bonds is 7. The van der Waals surface area contributed by atoms with E-state index in [4.69, 9.17) is 4.42 Å². The fourth-order valence-electron chi connectivity index (χ4n) is 2.16. The predicted octanol–water partition coefficient (Wildman–Crippen LogP) is 3.37. The number of benzene rings is 2. The molecular formula is C17H15FN2O3S2. The lowest BCUT2D eigenvalue weighted by atomic mass is 10.1. The molecule has 0 amide bonds. The van der Waals surface area contributed by atoms with Crippen molar-refractivity contribution < 1.29 is 17.2 Å². The van der Waals surface area contributed by atoms with Gasteiger partial charge in [-0.25, -0.2) is 12.8 Å². The Bertz CT molecular complexity index is 943. The van der Waals surface area contributed by atoms with Crippen molar-refractivity contribution in [2.75, 3.05) is 11.5 Å². The molecule has 0 saturated heterocycles. The fourth-order valence-corrected chi connectivity index (χ4v) is 4.60. The lowest BCUT2D eigenvalue weighted by Gasteiger charge is -2.02. The molecule has 0 aliphatic carbocycles. The Labute approximate surface area is 149 Å². The van der Waals surface area contributed by atoms with Crippen LogP contribution in [-0.2, 0) is 16.3 Å². The molecule has 0 bridgehead atoms. The summed E-state index contributed by atoms with van der Waals surface area (Å²) in [6.07, 6.45) is 0.197. The third-order valence-electron chi connectivity index (χ3n) is 3.43. The molecule has 0 spiro atoms. The number of sulfone groups is 1. The number of hydrogen-bond acceptors (Lipinski definition) is 6. The molecule has 3 aromatic rings.